The number of halogens is 1. The Hall–Kier alpha value is -1.08. The smallest absolute Gasteiger partial charge is 0.306 e. The molecular formula is C12H16FNO3S2. The Morgan fingerprint density at radius 3 is 2.74 bits per heavy atom. The topological polar surface area (TPSA) is 55.7 Å². The molecule has 0 saturated heterocycles. The van der Waals surface area contributed by atoms with Crippen LogP contribution in [0.1, 0.15) is 6.42 Å². The minimum atomic E-state index is -2.40. The number of thioether (sulfide) groups is 1. The van der Waals surface area contributed by atoms with Crippen molar-refractivity contribution in [2.45, 2.75) is 11.3 Å². The van der Waals surface area contributed by atoms with Crippen LogP contribution in [0.15, 0.2) is 27.5 Å². The first kappa shape index (κ1) is 16.0. The molecule has 7 heteroatoms. The number of rotatable bonds is 5. The zero-order valence-electron chi connectivity index (χ0n) is 11.0. The molecule has 0 radical (unpaired) electrons. The average Bonchev–Trinajstić information content (AvgIpc) is 2.32. The lowest BCUT2D eigenvalue weighted by atomic mass is 10.3. The van der Waals surface area contributed by atoms with Gasteiger partial charge in [-0.2, -0.15) is 4.36 Å². The van der Waals surface area contributed by atoms with Gasteiger partial charge in [-0.25, -0.2) is 8.60 Å². The van der Waals surface area contributed by atoms with E-state index < -0.39 is 15.5 Å². The Kier molecular flexibility index (Phi) is 5.81. The van der Waals surface area contributed by atoms with Gasteiger partial charge in [0.05, 0.1) is 13.5 Å². The van der Waals surface area contributed by atoms with E-state index in [2.05, 4.69) is 9.10 Å². The molecule has 0 aliphatic rings. The molecular weight excluding hydrogens is 289 g/mol. The minimum absolute atomic E-state index is 0.0815. The van der Waals surface area contributed by atoms with E-state index in [4.69, 9.17) is 0 Å². The van der Waals surface area contributed by atoms with Crippen LogP contribution in [0, 0.1) is 5.82 Å². The van der Waals surface area contributed by atoms with E-state index in [1.807, 2.05) is 0 Å². The number of nitrogens with zero attached hydrogens (tertiary/aromatic N) is 1. The number of carbonyl (C=O) groups is 1. The summed E-state index contributed by atoms with van der Waals surface area (Å²) in [5.74, 6) is -0.423. The van der Waals surface area contributed by atoms with Gasteiger partial charge in [0.15, 0.2) is 5.82 Å². The molecule has 0 atom stereocenters. The fourth-order valence-corrected chi connectivity index (χ4v) is 2.77. The zero-order valence-corrected chi connectivity index (χ0v) is 12.6. The molecule has 0 aliphatic carbocycles. The van der Waals surface area contributed by atoms with Gasteiger partial charge < -0.3 is 4.74 Å². The van der Waals surface area contributed by atoms with E-state index in [0.717, 1.165) is 0 Å². The van der Waals surface area contributed by atoms with E-state index in [9.17, 15) is 13.4 Å². The summed E-state index contributed by atoms with van der Waals surface area (Å²) < 4.78 is 34.0. The molecule has 0 fully saturated rings. The monoisotopic (exact) mass is 305 g/mol. The second-order valence-electron chi connectivity index (χ2n) is 4.04. The predicted octanol–water partition coefficient (Wildman–Crippen LogP) is 2.84. The van der Waals surface area contributed by atoms with Crippen molar-refractivity contribution in [3.8, 4) is 0 Å². The van der Waals surface area contributed by atoms with Crippen molar-refractivity contribution in [1.82, 2.24) is 0 Å². The number of esters is 1. The van der Waals surface area contributed by atoms with Crippen LogP contribution in [0.25, 0.3) is 0 Å². The molecule has 1 aromatic rings. The molecule has 0 N–H and O–H groups in total. The van der Waals surface area contributed by atoms with Crippen molar-refractivity contribution in [1.29, 1.82) is 0 Å². The van der Waals surface area contributed by atoms with Crippen molar-refractivity contribution in [3.05, 3.63) is 24.0 Å². The van der Waals surface area contributed by atoms with Gasteiger partial charge >= 0.3 is 5.97 Å². The van der Waals surface area contributed by atoms with Crippen LogP contribution in [-0.2, 0) is 19.3 Å². The quantitative estimate of drug-likeness (QED) is 0.620. The highest BCUT2D eigenvalue weighted by Crippen LogP contribution is 2.29. The summed E-state index contributed by atoms with van der Waals surface area (Å²) in [5, 5.41) is 0. The molecule has 0 aromatic heterocycles. The third-order valence-corrected chi connectivity index (χ3v) is 3.72. The highest BCUT2D eigenvalue weighted by molar-refractivity contribution is 7.99. The highest BCUT2D eigenvalue weighted by atomic mass is 32.2. The summed E-state index contributed by atoms with van der Waals surface area (Å²) in [5.41, 5.74) is 0.0815. The lowest BCUT2D eigenvalue weighted by Crippen LogP contribution is -2.01. The fraction of sp³-hybridized carbons (Fsp3) is 0.417. The summed E-state index contributed by atoms with van der Waals surface area (Å²) in [7, 11) is -1.09. The number of hydrogen-bond donors (Lipinski definition) is 0. The number of hydrogen-bond acceptors (Lipinski definition) is 5. The maximum Gasteiger partial charge on any atom is 0.306 e. The summed E-state index contributed by atoms with van der Waals surface area (Å²) in [6, 6.07) is 4.73. The standard InChI is InChI=1S/C12H16FNO3S2/c1-17-11(15)7-8-18-10-6-4-5-9(12(10)13)14-19(2,3)16/h4-6H,7-8H2,1-3H3. The zero-order chi connectivity index (χ0) is 14.5. The van der Waals surface area contributed by atoms with Gasteiger partial charge in [0.1, 0.15) is 5.69 Å². The van der Waals surface area contributed by atoms with E-state index in [1.54, 1.807) is 12.1 Å². The first-order chi connectivity index (χ1) is 8.83. The summed E-state index contributed by atoms with van der Waals surface area (Å²) >= 11 is 1.20. The Morgan fingerprint density at radius 1 is 1.47 bits per heavy atom. The lowest BCUT2D eigenvalue weighted by molar-refractivity contribution is -0.140. The maximum atomic E-state index is 14.1. The summed E-state index contributed by atoms with van der Waals surface area (Å²) in [6.45, 7) is 0. The molecule has 0 heterocycles. The van der Waals surface area contributed by atoms with E-state index >= 15 is 0 Å². The second kappa shape index (κ2) is 6.91. The average molecular weight is 305 g/mol. The van der Waals surface area contributed by atoms with Crippen LogP contribution in [0.3, 0.4) is 0 Å². The number of benzene rings is 1. The Labute approximate surface area is 116 Å². The Balaban J connectivity index is 2.84. The molecule has 1 aromatic carbocycles. The molecule has 4 nitrogen and oxygen atoms in total. The van der Waals surface area contributed by atoms with Crippen LogP contribution in [0.4, 0.5) is 10.1 Å². The first-order valence-corrected chi connectivity index (χ1v) is 8.80. The van der Waals surface area contributed by atoms with Gasteiger partial charge in [-0.1, -0.05) is 6.07 Å². The predicted molar refractivity (Wildman–Crippen MR) is 75.8 cm³/mol. The largest absolute Gasteiger partial charge is 0.469 e. The van der Waals surface area contributed by atoms with Gasteiger partial charge in [-0.15, -0.1) is 11.8 Å². The molecule has 0 aliphatic heterocycles. The first-order valence-electron chi connectivity index (χ1n) is 5.49. The van der Waals surface area contributed by atoms with E-state index in [-0.39, 0.29) is 18.1 Å². The van der Waals surface area contributed by atoms with Crippen LogP contribution in [-0.4, -0.2) is 35.6 Å². The molecule has 106 valence electrons. The Morgan fingerprint density at radius 2 is 2.16 bits per heavy atom. The molecule has 0 saturated carbocycles. The fourth-order valence-electron chi connectivity index (χ4n) is 1.26. The third kappa shape index (κ3) is 5.61. The van der Waals surface area contributed by atoms with Gasteiger partial charge in [0.25, 0.3) is 0 Å². The summed E-state index contributed by atoms with van der Waals surface area (Å²) in [6.07, 6.45) is 3.10. The van der Waals surface area contributed by atoms with Gasteiger partial charge in [0.2, 0.25) is 0 Å². The molecule has 0 spiro atoms. The van der Waals surface area contributed by atoms with Crippen molar-refractivity contribution >= 4 is 33.1 Å². The minimum Gasteiger partial charge on any atom is -0.469 e. The van der Waals surface area contributed by atoms with E-state index in [0.29, 0.717) is 10.6 Å². The van der Waals surface area contributed by atoms with Gasteiger partial charge in [-0.05, 0) is 12.1 Å². The highest BCUT2D eigenvalue weighted by Gasteiger charge is 2.10. The number of carbonyl (C=O) groups excluding carboxylic acids is 1. The second-order valence-corrected chi connectivity index (χ2v) is 7.72. The molecule has 0 amide bonds. The third-order valence-electron chi connectivity index (χ3n) is 2.05. The van der Waals surface area contributed by atoms with E-state index in [1.165, 1.54) is 37.4 Å². The van der Waals surface area contributed by atoms with Crippen LogP contribution in [0.2, 0.25) is 0 Å². The maximum absolute atomic E-state index is 14.1. The molecule has 0 unspecified atom stereocenters. The van der Waals surface area contributed by atoms with Crippen LogP contribution >= 0.6 is 11.8 Å². The van der Waals surface area contributed by atoms with Crippen molar-refractivity contribution < 1.29 is 18.1 Å². The van der Waals surface area contributed by atoms with Gasteiger partial charge in [0, 0.05) is 32.9 Å². The number of methoxy groups -OCH3 is 1. The SMILES string of the molecule is COC(=O)CCSc1cccc(N=S(C)(C)=O)c1F. The van der Waals surface area contributed by atoms with Crippen molar-refractivity contribution in [2.24, 2.45) is 4.36 Å². The van der Waals surface area contributed by atoms with Crippen molar-refractivity contribution in [3.63, 3.8) is 0 Å². The van der Waals surface area contributed by atoms with Gasteiger partial charge in [-0.3, -0.25) is 4.79 Å². The normalized spacial score (nSPS) is 11.2. The van der Waals surface area contributed by atoms with Crippen molar-refractivity contribution in [2.75, 3.05) is 25.4 Å². The summed E-state index contributed by atoms with van der Waals surface area (Å²) in [4.78, 5) is 11.3. The number of ether oxygens (including phenoxy) is 1. The molecule has 19 heavy (non-hydrogen) atoms. The van der Waals surface area contributed by atoms with Crippen LogP contribution in [0.5, 0.6) is 0 Å². The Bertz CT molecular complexity index is 572. The van der Waals surface area contributed by atoms with Crippen LogP contribution < -0.4 is 0 Å². The molecule has 0 bridgehead atoms. The molecule has 1 rings (SSSR count). The lowest BCUT2D eigenvalue weighted by Gasteiger charge is -2.05.